The Morgan fingerprint density at radius 2 is 2.11 bits per heavy atom. The fraction of sp³-hybridized carbons (Fsp3) is 0.500. The van der Waals surface area contributed by atoms with Crippen molar-refractivity contribution in [3.63, 3.8) is 0 Å². The van der Waals surface area contributed by atoms with Crippen LogP contribution >= 0.6 is 11.6 Å². The minimum atomic E-state index is -0.382. The molecule has 28 heavy (non-hydrogen) atoms. The fourth-order valence-corrected chi connectivity index (χ4v) is 4.25. The molecule has 1 aliphatic carbocycles. The second kappa shape index (κ2) is 7.99. The van der Waals surface area contributed by atoms with Crippen LogP contribution in [0, 0.1) is 5.82 Å². The molecule has 2 heterocycles. The van der Waals surface area contributed by atoms with Crippen LogP contribution in [0.4, 0.5) is 10.2 Å². The minimum Gasteiger partial charge on any atom is -0.391 e. The summed E-state index contributed by atoms with van der Waals surface area (Å²) in [6.07, 6.45) is 7.59. The third kappa shape index (κ3) is 3.81. The lowest BCUT2D eigenvalue weighted by molar-refractivity contribution is -0.751. The largest absolute Gasteiger partial charge is 0.391 e. The molecular weight excluding hydrogens is 381 g/mol. The third-order valence-corrected chi connectivity index (χ3v) is 5.97. The Morgan fingerprint density at radius 1 is 1.32 bits per heavy atom. The first-order chi connectivity index (χ1) is 13.5. The van der Waals surface area contributed by atoms with Crippen LogP contribution in [0.3, 0.4) is 0 Å². The van der Waals surface area contributed by atoms with Crippen LogP contribution in [0.15, 0.2) is 29.6 Å². The van der Waals surface area contributed by atoms with Gasteiger partial charge in [-0.05, 0) is 37.8 Å². The van der Waals surface area contributed by atoms with Gasteiger partial charge in [0.1, 0.15) is 11.9 Å². The summed E-state index contributed by atoms with van der Waals surface area (Å²) >= 11 is 6.41. The Bertz CT molecular complexity index is 868. The van der Waals surface area contributed by atoms with Crippen LogP contribution in [0.2, 0.25) is 5.02 Å². The van der Waals surface area contributed by atoms with E-state index in [2.05, 4.69) is 14.7 Å². The molecule has 0 radical (unpaired) electrons. The first kappa shape index (κ1) is 19.1. The number of amidine groups is 1. The lowest BCUT2D eigenvalue weighted by atomic mass is 9.98. The summed E-state index contributed by atoms with van der Waals surface area (Å²) in [4.78, 5) is 7.66. The number of hydrogen-bond acceptors (Lipinski definition) is 3. The summed E-state index contributed by atoms with van der Waals surface area (Å²) < 4.78 is 19.0. The topological polar surface area (TPSA) is 59.7 Å². The predicted molar refractivity (Wildman–Crippen MR) is 107 cm³/mol. The number of rotatable bonds is 5. The maximum Gasteiger partial charge on any atom is 0.197 e. The van der Waals surface area contributed by atoms with Gasteiger partial charge < -0.3 is 15.5 Å². The molecule has 1 saturated carbocycles. The molecule has 0 spiro atoms. The molecule has 8 heteroatoms. The Morgan fingerprint density at radius 3 is 2.86 bits per heavy atom. The summed E-state index contributed by atoms with van der Waals surface area (Å²) in [5.74, 6) is 0.830. The highest BCUT2D eigenvalue weighted by Crippen LogP contribution is 2.28. The van der Waals surface area contributed by atoms with Gasteiger partial charge in [-0.25, -0.2) is 4.39 Å². The second-order valence-corrected chi connectivity index (χ2v) is 7.96. The van der Waals surface area contributed by atoms with E-state index in [4.69, 9.17) is 22.2 Å². The van der Waals surface area contributed by atoms with E-state index in [0.717, 1.165) is 44.6 Å². The van der Waals surface area contributed by atoms with Crippen molar-refractivity contribution in [2.75, 3.05) is 11.4 Å². The smallest absolute Gasteiger partial charge is 0.197 e. The summed E-state index contributed by atoms with van der Waals surface area (Å²) in [7, 11) is 1.99. The van der Waals surface area contributed by atoms with Gasteiger partial charge in [0.2, 0.25) is 0 Å². The fourth-order valence-electron chi connectivity index (χ4n) is 3.98. The van der Waals surface area contributed by atoms with E-state index in [1.165, 1.54) is 12.5 Å². The minimum absolute atomic E-state index is 0.0969. The van der Waals surface area contributed by atoms with Crippen molar-refractivity contribution in [2.45, 2.75) is 51.3 Å². The molecule has 0 amide bonds. The van der Waals surface area contributed by atoms with Crippen molar-refractivity contribution < 1.29 is 13.9 Å². The van der Waals surface area contributed by atoms with Crippen LogP contribution in [0.5, 0.6) is 0 Å². The van der Waals surface area contributed by atoms with Crippen molar-refractivity contribution in [1.82, 2.24) is 4.68 Å². The van der Waals surface area contributed by atoms with E-state index < -0.39 is 0 Å². The van der Waals surface area contributed by atoms with Gasteiger partial charge in [0.25, 0.3) is 0 Å². The standard InChI is InChI=1S/C20H26ClFN5O/c1-25-8-7-19-26(9-10-27(19)25)13-16-17(21)11-14(12-18(16)22)20(23)24-28-15-5-3-2-4-6-15/h7-8,11-12,15H,2-6,9-10,13H2,1H3,(H2,23,24)/q+1. The lowest BCUT2D eigenvalue weighted by Crippen LogP contribution is -2.37. The zero-order valence-corrected chi connectivity index (χ0v) is 16.8. The summed E-state index contributed by atoms with van der Waals surface area (Å²) in [6.45, 7) is 2.10. The highest BCUT2D eigenvalue weighted by atomic mass is 35.5. The molecule has 6 nitrogen and oxygen atoms in total. The highest BCUT2D eigenvalue weighted by Gasteiger charge is 2.26. The van der Waals surface area contributed by atoms with Gasteiger partial charge in [-0.1, -0.05) is 23.2 Å². The van der Waals surface area contributed by atoms with E-state index in [-0.39, 0.29) is 17.8 Å². The molecule has 4 rings (SSSR count). The van der Waals surface area contributed by atoms with E-state index in [9.17, 15) is 4.39 Å². The average molecular weight is 407 g/mol. The van der Waals surface area contributed by atoms with Gasteiger partial charge in [-0.15, -0.1) is 9.36 Å². The summed E-state index contributed by atoms with van der Waals surface area (Å²) in [6, 6.07) is 5.08. The number of hydrogen-bond donors (Lipinski definition) is 1. The predicted octanol–water partition coefficient (Wildman–Crippen LogP) is 3.09. The molecule has 0 unspecified atom stereocenters. The highest BCUT2D eigenvalue weighted by molar-refractivity contribution is 6.31. The molecule has 1 aliphatic heterocycles. The Hall–Kier alpha value is -2.28. The molecule has 0 bridgehead atoms. The normalized spacial score (nSPS) is 17.8. The Kier molecular flexibility index (Phi) is 5.44. The van der Waals surface area contributed by atoms with Crippen molar-refractivity contribution in [1.29, 1.82) is 0 Å². The number of nitrogens with zero attached hydrogens (tertiary/aromatic N) is 4. The molecule has 1 fully saturated rings. The van der Waals surface area contributed by atoms with Crippen LogP contribution in [0.1, 0.15) is 43.2 Å². The number of nitrogens with two attached hydrogens (primary N) is 1. The molecule has 2 aromatic rings. The maximum absolute atomic E-state index is 14.8. The zero-order valence-electron chi connectivity index (χ0n) is 16.1. The van der Waals surface area contributed by atoms with E-state index in [1.807, 2.05) is 24.0 Å². The Labute approximate surface area is 169 Å². The summed E-state index contributed by atoms with van der Waals surface area (Å²) in [5, 5.41) is 4.37. The van der Waals surface area contributed by atoms with E-state index in [1.54, 1.807) is 6.07 Å². The van der Waals surface area contributed by atoms with Gasteiger partial charge in [0, 0.05) is 29.2 Å². The molecule has 0 saturated heterocycles. The lowest BCUT2D eigenvalue weighted by Gasteiger charge is -2.20. The second-order valence-electron chi connectivity index (χ2n) is 7.55. The third-order valence-electron chi connectivity index (χ3n) is 5.63. The first-order valence-electron chi connectivity index (χ1n) is 9.81. The van der Waals surface area contributed by atoms with Gasteiger partial charge in [-0.3, -0.25) is 0 Å². The van der Waals surface area contributed by atoms with Gasteiger partial charge in [0.05, 0.1) is 12.6 Å². The number of oxime groups is 1. The van der Waals surface area contributed by atoms with Gasteiger partial charge >= 0.3 is 0 Å². The summed E-state index contributed by atoms with van der Waals surface area (Å²) in [5.41, 5.74) is 6.92. The van der Waals surface area contributed by atoms with E-state index in [0.29, 0.717) is 22.7 Å². The van der Waals surface area contributed by atoms with Crippen LogP contribution < -0.4 is 15.3 Å². The quantitative estimate of drug-likeness (QED) is 0.359. The Balaban J connectivity index is 1.49. The number of anilines is 1. The molecule has 0 atom stereocenters. The molecule has 1 aromatic heterocycles. The molecule has 150 valence electrons. The number of fused-ring (bicyclic) bond motifs is 1. The number of aryl methyl sites for hydroxylation is 1. The molecular formula is C20H26ClFN5O+. The molecule has 2 N–H and O–H groups in total. The van der Waals surface area contributed by atoms with Gasteiger partial charge in [-0.2, -0.15) is 0 Å². The van der Waals surface area contributed by atoms with E-state index >= 15 is 0 Å². The van der Waals surface area contributed by atoms with Crippen LogP contribution in [-0.2, 0) is 25.0 Å². The van der Waals surface area contributed by atoms with Crippen molar-refractivity contribution >= 4 is 23.3 Å². The first-order valence-corrected chi connectivity index (χ1v) is 10.2. The zero-order chi connectivity index (χ0) is 19.7. The SMILES string of the molecule is C[n+]1ccc2n1CCN2Cc1c(F)cc(C(N)=NOC2CCCCC2)cc1Cl. The number of aromatic nitrogens is 2. The van der Waals surface area contributed by atoms with Gasteiger partial charge in [0.15, 0.2) is 24.9 Å². The number of halogens is 2. The number of benzene rings is 1. The molecule has 2 aliphatic rings. The molecule has 1 aromatic carbocycles. The van der Waals surface area contributed by atoms with Crippen molar-refractivity contribution in [3.05, 3.63) is 46.4 Å². The monoisotopic (exact) mass is 406 g/mol. The van der Waals surface area contributed by atoms with Crippen LogP contribution in [-0.4, -0.2) is 23.2 Å². The van der Waals surface area contributed by atoms with Crippen LogP contribution in [0.25, 0.3) is 0 Å². The maximum atomic E-state index is 14.8. The van der Waals surface area contributed by atoms with Crippen molar-refractivity contribution in [3.8, 4) is 0 Å². The average Bonchev–Trinajstić information content (AvgIpc) is 3.26. The van der Waals surface area contributed by atoms with Crippen molar-refractivity contribution in [2.24, 2.45) is 17.9 Å².